The van der Waals surface area contributed by atoms with Crippen molar-refractivity contribution in [2.24, 2.45) is 0 Å². The lowest BCUT2D eigenvalue weighted by Gasteiger charge is -2.24. The molecule has 1 aliphatic rings. The van der Waals surface area contributed by atoms with E-state index in [2.05, 4.69) is 4.74 Å². The molecular formula is C16H12Cl2FNO4. The molecule has 1 aliphatic heterocycles. The maximum atomic E-state index is 13.9. The van der Waals surface area contributed by atoms with E-state index in [-0.39, 0.29) is 27.0 Å². The third-order valence-electron chi connectivity index (χ3n) is 3.14. The van der Waals surface area contributed by atoms with Crippen LogP contribution in [0.5, 0.6) is 0 Å². The SMILES string of the molecule is COC(=O)C1=C(C(=O)OC)N(c2cc(F)c(Cl)cc2Cl)C=CC=C1. The Balaban J connectivity index is 2.72. The minimum Gasteiger partial charge on any atom is -0.465 e. The summed E-state index contributed by atoms with van der Waals surface area (Å²) in [6.45, 7) is 0. The van der Waals surface area contributed by atoms with Gasteiger partial charge in [-0.3, -0.25) is 0 Å². The van der Waals surface area contributed by atoms with Gasteiger partial charge in [0.2, 0.25) is 0 Å². The molecule has 0 fully saturated rings. The number of esters is 2. The average molecular weight is 372 g/mol. The first kappa shape index (κ1) is 18.0. The molecule has 0 amide bonds. The van der Waals surface area contributed by atoms with Crippen LogP contribution >= 0.6 is 23.2 Å². The highest BCUT2D eigenvalue weighted by atomic mass is 35.5. The van der Waals surface area contributed by atoms with E-state index in [1.54, 1.807) is 6.08 Å². The summed E-state index contributed by atoms with van der Waals surface area (Å²) in [5, 5.41) is -0.0870. The van der Waals surface area contributed by atoms with Crippen molar-refractivity contribution >= 4 is 40.8 Å². The van der Waals surface area contributed by atoms with E-state index in [4.69, 9.17) is 27.9 Å². The van der Waals surface area contributed by atoms with Gasteiger partial charge in [0.25, 0.3) is 0 Å². The van der Waals surface area contributed by atoms with Crippen LogP contribution in [0, 0.1) is 5.82 Å². The number of hydrogen-bond acceptors (Lipinski definition) is 5. The van der Waals surface area contributed by atoms with Crippen molar-refractivity contribution in [3.8, 4) is 0 Å². The van der Waals surface area contributed by atoms with E-state index in [1.807, 2.05) is 0 Å². The van der Waals surface area contributed by atoms with Gasteiger partial charge in [0.1, 0.15) is 11.5 Å². The van der Waals surface area contributed by atoms with Crippen molar-refractivity contribution in [1.29, 1.82) is 0 Å². The molecule has 0 atom stereocenters. The van der Waals surface area contributed by atoms with E-state index >= 15 is 0 Å². The van der Waals surface area contributed by atoms with Crippen LogP contribution in [0.15, 0.2) is 47.8 Å². The van der Waals surface area contributed by atoms with Crippen LogP contribution in [0.3, 0.4) is 0 Å². The number of methoxy groups -OCH3 is 2. The van der Waals surface area contributed by atoms with Crippen LogP contribution in [0.2, 0.25) is 10.0 Å². The summed E-state index contributed by atoms with van der Waals surface area (Å²) in [4.78, 5) is 25.5. The Hall–Kier alpha value is -2.31. The first-order chi connectivity index (χ1) is 11.4. The maximum absolute atomic E-state index is 13.9. The molecule has 1 aromatic rings. The van der Waals surface area contributed by atoms with Crippen molar-refractivity contribution in [2.45, 2.75) is 0 Å². The van der Waals surface area contributed by atoms with Gasteiger partial charge >= 0.3 is 11.9 Å². The molecule has 24 heavy (non-hydrogen) atoms. The summed E-state index contributed by atoms with van der Waals surface area (Å²) in [6.07, 6.45) is 5.89. The van der Waals surface area contributed by atoms with Gasteiger partial charge in [0.05, 0.1) is 35.5 Å². The van der Waals surface area contributed by atoms with Crippen LogP contribution in [0.4, 0.5) is 10.1 Å². The third kappa shape index (κ3) is 3.44. The van der Waals surface area contributed by atoms with Crippen LogP contribution in [0.1, 0.15) is 0 Å². The smallest absolute Gasteiger partial charge is 0.355 e. The van der Waals surface area contributed by atoms with Crippen molar-refractivity contribution < 1.29 is 23.5 Å². The summed E-state index contributed by atoms with van der Waals surface area (Å²) >= 11 is 11.8. The molecule has 0 unspecified atom stereocenters. The fourth-order valence-electron chi connectivity index (χ4n) is 2.05. The molecule has 0 bridgehead atoms. The molecule has 0 N–H and O–H groups in total. The zero-order valence-electron chi connectivity index (χ0n) is 12.7. The average Bonchev–Trinajstić information content (AvgIpc) is 2.79. The lowest BCUT2D eigenvalue weighted by molar-refractivity contribution is -0.139. The van der Waals surface area contributed by atoms with Gasteiger partial charge in [-0.25, -0.2) is 14.0 Å². The van der Waals surface area contributed by atoms with Gasteiger partial charge in [-0.05, 0) is 18.2 Å². The topological polar surface area (TPSA) is 55.8 Å². The summed E-state index contributed by atoms with van der Waals surface area (Å²) in [6, 6.07) is 2.25. The Morgan fingerprint density at radius 1 is 1.04 bits per heavy atom. The van der Waals surface area contributed by atoms with Crippen LogP contribution in [-0.4, -0.2) is 26.2 Å². The minimum absolute atomic E-state index is 0.0687. The van der Waals surface area contributed by atoms with Gasteiger partial charge in [0, 0.05) is 12.3 Å². The normalized spacial score (nSPS) is 13.8. The summed E-state index contributed by atoms with van der Waals surface area (Å²) in [7, 11) is 2.33. The fourth-order valence-corrected chi connectivity index (χ4v) is 2.52. The Kier molecular flexibility index (Phi) is 5.64. The van der Waals surface area contributed by atoms with E-state index in [1.165, 1.54) is 36.4 Å². The lowest BCUT2D eigenvalue weighted by Crippen LogP contribution is -2.27. The number of rotatable bonds is 3. The van der Waals surface area contributed by atoms with Gasteiger partial charge in [-0.1, -0.05) is 29.3 Å². The first-order valence-electron chi connectivity index (χ1n) is 6.60. The number of carbonyl (C=O) groups is 2. The highest BCUT2D eigenvalue weighted by Gasteiger charge is 2.28. The molecule has 0 aromatic heterocycles. The van der Waals surface area contributed by atoms with Gasteiger partial charge < -0.3 is 14.4 Å². The van der Waals surface area contributed by atoms with Crippen molar-refractivity contribution in [1.82, 2.24) is 0 Å². The van der Waals surface area contributed by atoms with Crippen LogP contribution in [0.25, 0.3) is 0 Å². The second-order valence-electron chi connectivity index (χ2n) is 4.53. The quantitative estimate of drug-likeness (QED) is 0.599. The predicted molar refractivity (Wildman–Crippen MR) is 88.2 cm³/mol. The van der Waals surface area contributed by atoms with E-state index in [9.17, 15) is 14.0 Å². The summed E-state index contributed by atoms with van der Waals surface area (Å²) in [5.41, 5.74) is -0.126. The highest BCUT2D eigenvalue weighted by molar-refractivity contribution is 6.36. The molecule has 0 radical (unpaired) electrons. The number of halogens is 3. The Labute approximate surface area is 147 Å². The molecule has 1 aromatic carbocycles. The van der Waals surface area contributed by atoms with Crippen molar-refractivity contribution in [3.05, 3.63) is 63.7 Å². The first-order valence-corrected chi connectivity index (χ1v) is 7.35. The number of allylic oxidation sites excluding steroid dienone is 2. The monoisotopic (exact) mass is 371 g/mol. The second kappa shape index (κ2) is 7.51. The molecule has 0 saturated carbocycles. The third-order valence-corrected chi connectivity index (χ3v) is 3.73. The molecule has 126 valence electrons. The molecule has 8 heteroatoms. The zero-order valence-corrected chi connectivity index (χ0v) is 14.2. The van der Waals surface area contributed by atoms with Crippen molar-refractivity contribution in [2.75, 3.05) is 19.1 Å². The number of hydrogen-bond donors (Lipinski definition) is 0. The zero-order chi connectivity index (χ0) is 17.9. The molecule has 2 rings (SSSR count). The van der Waals surface area contributed by atoms with Crippen LogP contribution < -0.4 is 4.90 Å². The number of benzene rings is 1. The molecule has 0 spiro atoms. The summed E-state index contributed by atoms with van der Waals surface area (Å²) < 4.78 is 23.3. The molecule has 1 heterocycles. The Bertz CT molecular complexity index is 787. The second-order valence-corrected chi connectivity index (χ2v) is 5.35. The van der Waals surface area contributed by atoms with Gasteiger partial charge in [-0.15, -0.1) is 0 Å². The number of nitrogens with zero attached hydrogens (tertiary/aromatic N) is 1. The van der Waals surface area contributed by atoms with E-state index in [0.29, 0.717) is 0 Å². The Morgan fingerprint density at radius 2 is 1.71 bits per heavy atom. The van der Waals surface area contributed by atoms with Crippen molar-refractivity contribution in [3.63, 3.8) is 0 Å². The molecule has 5 nitrogen and oxygen atoms in total. The predicted octanol–water partition coefficient (Wildman–Crippen LogP) is 3.62. The minimum atomic E-state index is -0.821. The highest BCUT2D eigenvalue weighted by Crippen LogP contribution is 2.35. The van der Waals surface area contributed by atoms with Gasteiger partial charge in [-0.2, -0.15) is 0 Å². The summed E-state index contributed by atoms with van der Waals surface area (Å²) in [5.74, 6) is -2.31. The number of anilines is 1. The fraction of sp³-hybridized carbons (Fsp3) is 0.125. The number of ether oxygens (including phenoxy) is 2. The molecule has 0 aliphatic carbocycles. The van der Waals surface area contributed by atoms with E-state index < -0.39 is 17.8 Å². The molecular weight excluding hydrogens is 360 g/mol. The molecule has 0 saturated heterocycles. The Morgan fingerprint density at radius 3 is 2.33 bits per heavy atom. The maximum Gasteiger partial charge on any atom is 0.355 e. The van der Waals surface area contributed by atoms with E-state index in [0.717, 1.165) is 13.2 Å². The number of carbonyl (C=O) groups excluding carboxylic acids is 2. The lowest BCUT2D eigenvalue weighted by atomic mass is 10.1. The largest absolute Gasteiger partial charge is 0.465 e. The van der Waals surface area contributed by atoms with Gasteiger partial charge in [0.15, 0.2) is 0 Å². The standard InChI is InChI=1S/C16H12Cl2FNO4/c1-23-15(21)9-5-3-4-6-20(14(9)16(22)24-2)13-8-12(19)10(17)7-11(13)18/h3-8H,1-2H3. The van der Waals surface area contributed by atoms with Crippen LogP contribution in [-0.2, 0) is 19.1 Å².